The topological polar surface area (TPSA) is 57.6 Å². The Labute approximate surface area is 40.3 Å². The van der Waals surface area contributed by atoms with Crippen LogP contribution in [0.2, 0.25) is 0 Å². The van der Waals surface area contributed by atoms with Crippen molar-refractivity contribution < 1.29 is 14.8 Å². The van der Waals surface area contributed by atoms with E-state index >= 15 is 0 Å². The van der Waals surface area contributed by atoms with Gasteiger partial charge in [-0.25, -0.2) is 5.06 Å². The lowest BCUT2D eigenvalue weighted by molar-refractivity contribution is -0.150. The fourth-order valence-corrected chi connectivity index (χ4v) is 0.0661. The Kier molecular flexibility index (Phi) is 2.01. The molecule has 0 fully saturated rings. The van der Waals surface area contributed by atoms with Crippen LogP contribution in [0.5, 0.6) is 0 Å². The van der Waals surface area contributed by atoms with Crippen LogP contribution in [-0.2, 0) is 9.59 Å². The highest BCUT2D eigenvalue weighted by Gasteiger charge is 2.00. The predicted molar refractivity (Wildman–Crippen MR) is 20.2 cm³/mol. The molecule has 0 aromatic heterocycles. The highest BCUT2D eigenvalue weighted by Crippen LogP contribution is 1.67. The second kappa shape index (κ2) is 2.30. The van der Waals surface area contributed by atoms with Gasteiger partial charge in [-0.15, -0.1) is 0 Å². The molecule has 0 bridgehead atoms. The number of carbonyl (C=O) groups excluding carboxylic acids is 2. The summed E-state index contributed by atoms with van der Waals surface area (Å²) in [4.78, 5) is 19.0. The van der Waals surface area contributed by atoms with Gasteiger partial charge in [0.15, 0.2) is 0 Å². The summed E-state index contributed by atoms with van der Waals surface area (Å²) in [5.74, 6) is -1.07. The number of hydroxylamine groups is 2. The van der Waals surface area contributed by atoms with Gasteiger partial charge in [0.1, 0.15) is 0 Å². The van der Waals surface area contributed by atoms with Crippen molar-refractivity contribution in [1.29, 1.82) is 0 Å². The lowest BCUT2D eigenvalue weighted by Crippen LogP contribution is -2.22. The van der Waals surface area contributed by atoms with E-state index in [-0.39, 0.29) is 5.06 Å². The van der Waals surface area contributed by atoms with E-state index in [4.69, 9.17) is 5.21 Å². The standard InChI is InChI=1S/C3H4NO3/c1-4(7)3(6)2-5/h7H,1H3. The summed E-state index contributed by atoms with van der Waals surface area (Å²) < 4.78 is 0. The smallest absolute Gasteiger partial charge is 0.286 e. The summed E-state index contributed by atoms with van der Waals surface area (Å²) in [5.41, 5.74) is 0. The molecule has 39 valence electrons. The van der Waals surface area contributed by atoms with Crippen molar-refractivity contribution in [3.05, 3.63) is 0 Å². The molecule has 0 unspecified atom stereocenters. The number of carbonyl (C=O) groups is 1. The molecular weight excluding hydrogens is 98.0 g/mol. The minimum absolute atomic E-state index is 0.160. The summed E-state index contributed by atoms with van der Waals surface area (Å²) in [6.07, 6.45) is 0.951. The molecule has 0 saturated heterocycles. The molecule has 0 heterocycles. The summed E-state index contributed by atoms with van der Waals surface area (Å²) in [5, 5.41) is 8.20. The van der Waals surface area contributed by atoms with Gasteiger partial charge in [-0.1, -0.05) is 0 Å². The molecule has 4 heteroatoms. The van der Waals surface area contributed by atoms with Gasteiger partial charge in [0, 0.05) is 7.05 Å². The lowest BCUT2D eigenvalue weighted by Gasteiger charge is -1.97. The Bertz CT molecular complexity index is 88.2. The summed E-state index contributed by atoms with van der Waals surface area (Å²) >= 11 is 0. The molecular formula is C3H4NO3. The van der Waals surface area contributed by atoms with E-state index in [1.807, 2.05) is 0 Å². The third kappa shape index (κ3) is 1.88. The van der Waals surface area contributed by atoms with E-state index in [0.717, 1.165) is 13.3 Å². The Morgan fingerprint density at radius 3 is 2.29 bits per heavy atom. The molecule has 0 atom stereocenters. The number of nitrogens with zero attached hydrogens (tertiary/aromatic N) is 1. The predicted octanol–water partition coefficient (Wildman–Crippen LogP) is -1.06. The maximum Gasteiger partial charge on any atom is 0.321 e. The van der Waals surface area contributed by atoms with Crippen LogP contribution >= 0.6 is 0 Å². The first-order valence-electron chi connectivity index (χ1n) is 1.53. The summed E-state index contributed by atoms with van der Waals surface area (Å²) in [6.45, 7) is 0. The molecule has 1 radical (unpaired) electrons. The average Bonchev–Trinajstić information content (AvgIpc) is 1.65. The van der Waals surface area contributed by atoms with Gasteiger partial charge in [0.2, 0.25) is 0 Å². The normalized spacial score (nSPS) is 7.71. The molecule has 0 aromatic carbocycles. The van der Waals surface area contributed by atoms with Crippen LogP contribution in [0.15, 0.2) is 0 Å². The first-order chi connectivity index (χ1) is 3.18. The maximum absolute atomic E-state index is 9.76. The van der Waals surface area contributed by atoms with Crippen molar-refractivity contribution >= 4 is 12.2 Å². The van der Waals surface area contributed by atoms with E-state index in [0.29, 0.717) is 0 Å². The van der Waals surface area contributed by atoms with Crippen LogP contribution in [0.3, 0.4) is 0 Å². The fraction of sp³-hybridized carbons (Fsp3) is 0.333. The molecule has 0 saturated carbocycles. The molecule has 0 aliphatic carbocycles. The van der Waals surface area contributed by atoms with E-state index in [9.17, 15) is 9.59 Å². The minimum atomic E-state index is -1.07. The molecule has 0 aliphatic heterocycles. The first kappa shape index (κ1) is 6.10. The third-order valence-corrected chi connectivity index (χ3v) is 0.381. The molecule has 4 nitrogen and oxygen atoms in total. The number of amides is 1. The molecule has 7 heavy (non-hydrogen) atoms. The quantitative estimate of drug-likeness (QED) is 0.261. The van der Waals surface area contributed by atoms with Crippen LogP contribution in [0.4, 0.5) is 0 Å². The van der Waals surface area contributed by atoms with Crippen LogP contribution in [0.25, 0.3) is 0 Å². The van der Waals surface area contributed by atoms with Crippen molar-refractivity contribution in [3.63, 3.8) is 0 Å². The number of hydrogen-bond acceptors (Lipinski definition) is 3. The zero-order valence-electron chi connectivity index (χ0n) is 3.71. The molecule has 1 N–H and O–H groups in total. The van der Waals surface area contributed by atoms with Gasteiger partial charge < -0.3 is 0 Å². The SMILES string of the molecule is CN(O)C(=O)[C]=O. The molecule has 0 rings (SSSR count). The molecule has 1 amide bonds. The Morgan fingerprint density at radius 1 is 1.86 bits per heavy atom. The van der Waals surface area contributed by atoms with Crippen molar-refractivity contribution in [2.75, 3.05) is 7.05 Å². The Morgan fingerprint density at radius 2 is 2.29 bits per heavy atom. The highest BCUT2D eigenvalue weighted by molar-refractivity contribution is 6.23. The average molecular weight is 102 g/mol. The number of likely N-dealkylation sites (N-methyl/N-ethyl adjacent to an activating group) is 1. The maximum atomic E-state index is 9.76. The van der Waals surface area contributed by atoms with E-state index in [2.05, 4.69) is 0 Å². The monoisotopic (exact) mass is 102 g/mol. The minimum Gasteiger partial charge on any atom is -0.286 e. The Balaban J connectivity index is 3.56. The lowest BCUT2D eigenvalue weighted by atomic mass is 10.7. The van der Waals surface area contributed by atoms with Gasteiger partial charge in [-0.2, -0.15) is 0 Å². The van der Waals surface area contributed by atoms with Crippen molar-refractivity contribution in [2.24, 2.45) is 0 Å². The van der Waals surface area contributed by atoms with Crippen LogP contribution in [-0.4, -0.2) is 29.5 Å². The van der Waals surface area contributed by atoms with E-state index in [1.54, 1.807) is 0 Å². The zero-order chi connectivity index (χ0) is 5.86. The van der Waals surface area contributed by atoms with E-state index < -0.39 is 5.91 Å². The van der Waals surface area contributed by atoms with Crippen LogP contribution < -0.4 is 0 Å². The van der Waals surface area contributed by atoms with Crippen molar-refractivity contribution in [3.8, 4) is 0 Å². The second-order valence-electron chi connectivity index (χ2n) is 0.931. The van der Waals surface area contributed by atoms with Gasteiger partial charge >= 0.3 is 5.91 Å². The van der Waals surface area contributed by atoms with Gasteiger partial charge in [0.05, 0.1) is 0 Å². The van der Waals surface area contributed by atoms with Crippen LogP contribution in [0.1, 0.15) is 0 Å². The van der Waals surface area contributed by atoms with Crippen LogP contribution in [0, 0.1) is 0 Å². The molecule has 0 aromatic rings. The van der Waals surface area contributed by atoms with E-state index in [1.165, 1.54) is 0 Å². The molecule has 0 spiro atoms. The second-order valence-corrected chi connectivity index (χ2v) is 0.931. The first-order valence-corrected chi connectivity index (χ1v) is 1.53. The zero-order valence-corrected chi connectivity index (χ0v) is 3.71. The summed E-state index contributed by atoms with van der Waals surface area (Å²) in [6, 6.07) is 0. The number of rotatable bonds is 1. The fourth-order valence-electron chi connectivity index (χ4n) is 0.0661. The van der Waals surface area contributed by atoms with Crippen molar-refractivity contribution in [1.82, 2.24) is 5.06 Å². The summed E-state index contributed by atoms with van der Waals surface area (Å²) in [7, 11) is 1.05. The van der Waals surface area contributed by atoms with Gasteiger partial charge in [-0.3, -0.25) is 14.8 Å². The van der Waals surface area contributed by atoms with Crippen molar-refractivity contribution in [2.45, 2.75) is 0 Å². The van der Waals surface area contributed by atoms with Gasteiger partial charge in [-0.05, 0) is 0 Å². The Hall–Kier alpha value is -0.900. The number of hydrogen-bond donors (Lipinski definition) is 1. The third-order valence-electron chi connectivity index (χ3n) is 0.381. The highest BCUT2D eigenvalue weighted by atomic mass is 16.5. The largest absolute Gasteiger partial charge is 0.321 e. The molecule has 0 aliphatic rings. The van der Waals surface area contributed by atoms with Gasteiger partial charge in [0.25, 0.3) is 6.29 Å².